The van der Waals surface area contributed by atoms with Crippen LogP contribution in [0.15, 0.2) is 36.9 Å². The van der Waals surface area contributed by atoms with Gasteiger partial charge in [0.05, 0.1) is 18.5 Å². The Morgan fingerprint density at radius 3 is 3.04 bits per heavy atom. The van der Waals surface area contributed by atoms with Crippen LogP contribution in [0.3, 0.4) is 0 Å². The lowest BCUT2D eigenvalue weighted by atomic mass is 9.97. The Kier molecular flexibility index (Phi) is 4.86. The molecular weight excluding hydrogens is 314 g/mol. The summed E-state index contributed by atoms with van der Waals surface area (Å²) < 4.78 is 7.21. The average molecular weight is 334 g/mol. The van der Waals surface area contributed by atoms with Crippen LogP contribution in [0, 0.1) is 5.92 Å². The van der Waals surface area contributed by atoms with Crippen LogP contribution in [0.25, 0.3) is 0 Å². The number of nitrogens with zero attached hydrogens (tertiary/aromatic N) is 3. The third-order valence-corrected chi connectivity index (χ3v) is 4.53. The lowest BCUT2D eigenvalue weighted by Crippen LogP contribution is -2.41. The van der Waals surface area contributed by atoms with Crippen molar-refractivity contribution >= 4 is 17.5 Å². The molecule has 1 aliphatic heterocycles. The zero-order valence-electron chi connectivity index (χ0n) is 13.1. The van der Waals surface area contributed by atoms with Gasteiger partial charge in [-0.3, -0.25) is 4.79 Å². The maximum Gasteiger partial charge on any atom is 0.253 e. The number of methoxy groups -OCH3 is 1. The van der Waals surface area contributed by atoms with Gasteiger partial charge in [0.15, 0.2) is 0 Å². The average Bonchev–Trinajstić information content (AvgIpc) is 3.07. The summed E-state index contributed by atoms with van der Waals surface area (Å²) >= 11 is 6.13. The number of ether oxygens (including phenoxy) is 1. The molecule has 2 heterocycles. The number of hydrogen-bond acceptors (Lipinski definition) is 3. The standard InChI is InChI=1S/C17H20ClN3O2/c1-23-16-5-4-14(9-15(16)18)17(22)21-7-2-3-13(11-21)10-20-8-6-19-12-20/h4-6,8-9,12-13H,2-3,7,10-11H2,1H3. The van der Waals surface area contributed by atoms with Crippen LogP contribution < -0.4 is 4.74 Å². The van der Waals surface area contributed by atoms with Crippen LogP contribution >= 0.6 is 11.6 Å². The Bertz CT molecular complexity index is 672. The van der Waals surface area contributed by atoms with Crippen LogP contribution in [0.5, 0.6) is 5.75 Å². The van der Waals surface area contributed by atoms with Crippen molar-refractivity contribution in [1.29, 1.82) is 0 Å². The highest BCUT2D eigenvalue weighted by atomic mass is 35.5. The van der Waals surface area contributed by atoms with Gasteiger partial charge in [0.1, 0.15) is 5.75 Å². The van der Waals surface area contributed by atoms with E-state index in [4.69, 9.17) is 16.3 Å². The van der Waals surface area contributed by atoms with Crippen LogP contribution in [0.2, 0.25) is 5.02 Å². The number of piperidine rings is 1. The molecule has 122 valence electrons. The first-order valence-electron chi connectivity index (χ1n) is 7.76. The second kappa shape index (κ2) is 7.04. The third kappa shape index (κ3) is 3.67. The van der Waals surface area contributed by atoms with E-state index in [-0.39, 0.29) is 5.91 Å². The normalized spacial score (nSPS) is 18.0. The number of amides is 1. The molecule has 1 saturated heterocycles. The van der Waals surface area contributed by atoms with Crippen molar-refractivity contribution in [2.45, 2.75) is 19.4 Å². The summed E-state index contributed by atoms with van der Waals surface area (Å²) in [4.78, 5) is 18.7. The minimum Gasteiger partial charge on any atom is -0.495 e. The predicted octanol–water partition coefficient (Wildman–Crippen LogP) is 3.10. The van der Waals surface area contributed by atoms with E-state index >= 15 is 0 Å². The summed E-state index contributed by atoms with van der Waals surface area (Å²) in [6.07, 6.45) is 7.72. The molecule has 0 spiro atoms. The minimum absolute atomic E-state index is 0.0323. The number of likely N-dealkylation sites (tertiary alicyclic amines) is 1. The van der Waals surface area contributed by atoms with Crippen molar-refractivity contribution in [3.63, 3.8) is 0 Å². The molecule has 1 unspecified atom stereocenters. The van der Waals surface area contributed by atoms with E-state index in [1.807, 2.05) is 17.4 Å². The number of halogens is 1. The zero-order chi connectivity index (χ0) is 16.2. The molecule has 1 aromatic heterocycles. The van der Waals surface area contributed by atoms with Crippen molar-refractivity contribution in [1.82, 2.24) is 14.5 Å². The van der Waals surface area contributed by atoms with Gasteiger partial charge in [-0.15, -0.1) is 0 Å². The van der Waals surface area contributed by atoms with Gasteiger partial charge in [-0.05, 0) is 37.0 Å². The molecule has 1 fully saturated rings. The molecule has 23 heavy (non-hydrogen) atoms. The molecular formula is C17H20ClN3O2. The molecule has 0 saturated carbocycles. The summed E-state index contributed by atoms with van der Waals surface area (Å²) in [5.41, 5.74) is 0.610. The number of carbonyl (C=O) groups is 1. The van der Waals surface area contributed by atoms with E-state index in [1.54, 1.807) is 31.5 Å². The van der Waals surface area contributed by atoms with Crippen molar-refractivity contribution in [2.75, 3.05) is 20.2 Å². The molecule has 0 aliphatic carbocycles. The van der Waals surface area contributed by atoms with E-state index in [0.29, 0.717) is 22.3 Å². The number of imidazole rings is 1. The molecule has 1 atom stereocenters. The highest BCUT2D eigenvalue weighted by molar-refractivity contribution is 6.32. The molecule has 1 aromatic carbocycles. The number of carbonyl (C=O) groups excluding carboxylic acids is 1. The summed E-state index contributed by atoms with van der Waals surface area (Å²) in [5, 5.41) is 0.463. The monoisotopic (exact) mass is 333 g/mol. The first kappa shape index (κ1) is 15.9. The SMILES string of the molecule is COc1ccc(C(=O)N2CCCC(Cn3ccnc3)C2)cc1Cl. The number of hydrogen-bond donors (Lipinski definition) is 0. The Balaban J connectivity index is 1.68. The van der Waals surface area contributed by atoms with Gasteiger partial charge in [0.25, 0.3) is 5.91 Å². The molecule has 6 heteroatoms. The summed E-state index contributed by atoms with van der Waals surface area (Å²) in [6, 6.07) is 5.19. The van der Waals surface area contributed by atoms with Gasteiger partial charge in [-0.2, -0.15) is 0 Å². The second-order valence-corrected chi connectivity index (χ2v) is 6.28. The molecule has 0 radical (unpaired) electrons. The Morgan fingerprint density at radius 2 is 2.35 bits per heavy atom. The fourth-order valence-electron chi connectivity index (χ4n) is 3.07. The topological polar surface area (TPSA) is 47.4 Å². The fraction of sp³-hybridized carbons (Fsp3) is 0.412. The highest BCUT2D eigenvalue weighted by Gasteiger charge is 2.25. The van der Waals surface area contributed by atoms with Gasteiger partial charge >= 0.3 is 0 Å². The van der Waals surface area contributed by atoms with Crippen molar-refractivity contribution in [3.8, 4) is 5.75 Å². The first-order valence-corrected chi connectivity index (χ1v) is 8.13. The smallest absolute Gasteiger partial charge is 0.253 e. The lowest BCUT2D eigenvalue weighted by molar-refractivity contribution is 0.0662. The van der Waals surface area contributed by atoms with E-state index in [9.17, 15) is 4.79 Å². The highest BCUT2D eigenvalue weighted by Crippen LogP contribution is 2.27. The van der Waals surface area contributed by atoms with Gasteiger partial charge in [0, 0.05) is 37.6 Å². The van der Waals surface area contributed by atoms with Crippen LogP contribution in [-0.2, 0) is 6.54 Å². The number of rotatable bonds is 4. The maximum absolute atomic E-state index is 12.7. The zero-order valence-corrected chi connectivity index (χ0v) is 13.9. The van der Waals surface area contributed by atoms with E-state index in [2.05, 4.69) is 9.55 Å². The Morgan fingerprint density at radius 1 is 1.48 bits per heavy atom. The Labute approximate surface area is 140 Å². The summed E-state index contributed by atoms with van der Waals surface area (Å²) in [6.45, 7) is 2.46. The van der Waals surface area contributed by atoms with Gasteiger partial charge < -0.3 is 14.2 Å². The van der Waals surface area contributed by atoms with Gasteiger partial charge in [-0.1, -0.05) is 11.6 Å². The number of aromatic nitrogens is 2. The van der Waals surface area contributed by atoms with Crippen molar-refractivity contribution < 1.29 is 9.53 Å². The molecule has 5 nitrogen and oxygen atoms in total. The summed E-state index contributed by atoms with van der Waals surface area (Å²) in [5.74, 6) is 1.07. The van der Waals surface area contributed by atoms with Crippen molar-refractivity contribution in [3.05, 3.63) is 47.5 Å². The van der Waals surface area contributed by atoms with Crippen LogP contribution in [-0.4, -0.2) is 40.6 Å². The van der Waals surface area contributed by atoms with Gasteiger partial charge in [0.2, 0.25) is 0 Å². The summed E-state index contributed by atoms with van der Waals surface area (Å²) in [7, 11) is 1.56. The molecule has 3 rings (SSSR count). The van der Waals surface area contributed by atoms with Crippen LogP contribution in [0.4, 0.5) is 0 Å². The van der Waals surface area contributed by atoms with Gasteiger partial charge in [-0.25, -0.2) is 4.98 Å². The molecule has 0 bridgehead atoms. The molecule has 0 N–H and O–H groups in total. The quantitative estimate of drug-likeness (QED) is 0.863. The molecule has 1 amide bonds. The third-order valence-electron chi connectivity index (χ3n) is 4.23. The molecule has 2 aromatic rings. The molecule has 1 aliphatic rings. The van der Waals surface area contributed by atoms with E-state index in [0.717, 1.165) is 32.5 Å². The lowest BCUT2D eigenvalue weighted by Gasteiger charge is -2.33. The van der Waals surface area contributed by atoms with E-state index in [1.165, 1.54) is 0 Å². The predicted molar refractivity (Wildman–Crippen MR) is 88.9 cm³/mol. The first-order chi connectivity index (χ1) is 11.2. The number of benzene rings is 1. The fourth-order valence-corrected chi connectivity index (χ4v) is 3.33. The maximum atomic E-state index is 12.7. The largest absolute Gasteiger partial charge is 0.495 e. The van der Waals surface area contributed by atoms with Crippen LogP contribution in [0.1, 0.15) is 23.2 Å². The Hall–Kier alpha value is -2.01. The second-order valence-electron chi connectivity index (χ2n) is 5.87. The van der Waals surface area contributed by atoms with E-state index < -0.39 is 0 Å². The minimum atomic E-state index is 0.0323. The van der Waals surface area contributed by atoms with Crippen molar-refractivity contribution in [2.24, 2.45) is 5.92 Å².